The number of carboxylic acid groups (broad SMARTS) is 1. The average Bonchev–Trinajstić information content (AvgIpc) is 2.49. The van der Waals surface area contributed by atoms with Gasteiger partial charge in [-0.3, -0.25) is 4.79 Å². The molecule has 0 aromatic carbocycles. The first kappa shape index (κ1) is 10.8. The van der Waals surface area contributed by atoms with Crippen molar-refractivity contribution in [2.75, 3.05) is 6.54 Å². The molecule has 2 fully saturated rings. The minimum absolute atomic E-state index is 0. The van der Waals surface area contributed by atoms with Gasteiger partial charge in [-0.25, -0.2) is 0 Å². The zero-order valence-electron chi connectivity index (χ0n) is 7.53. The zero-order chi connectivity index (χ0) is 8.55. The lowest BCUT2D eigenvalue weighted by Gasteiger charge is -2.30. The Balaban J connectivity index is 0.000000845. The molecule has 0 aromatic rings. The number of hydrogen-bond donors (Lipinski definition) is 2. The van der Waals surface area contributed by atoms with E-state index in [0.29, 0.717) is 12.0 Å². The molecule has 1 aliphatic carbocycles. The van der Waals surface area contributed by atoms with Crippen molar-refractivity contribution in [2.45, 2.75) is 31.7 Å². The van der Waals surface area contributed by atoms with Gasteiger partial charge in [-0.1, -0.05) is 6.42 Å². The van der Waals surface area contributed by atoms with E-state index >= 15 is 0 Å². The van der Waals surface area contributed by atoms with Gasteiger partial charge in [0.05, 0.1) is 5.92 Å². The van der Waals surface area contributed by atoms with E-state index in [0.717, 1.165) is 25.8 Å². The smallest absolute Gasteiger partial charge is 0.306 e. The lowest BCUT2D eigenvalue weighted by Crippen LogP contribution is -2.38. The second-order valence-electron chi connectivity index (χ2n) is 3.89. The van der Waals surface area contributed by atoms with Gasteiger partial charge in [-0.15, -0.1) is 12.4 Å². The Labute approximate surface area is 84.3 Å². The molecular formula is C9H16ClNO2. The van der Waals surface area contributed by atoms with Gasteiger partial charge < -0.3 is 10.4 Å². The highest BCUT2D eigenvalue weighted by Gasteiger charge is 2.39. The van der Waals surface area contributed by atoms with E-state index < -0.39 is 5.97 Å². The van der Waals surface area contributed by atoms with E-state index in [4.69, 9.17) is 5.11 Å². The highest BCUT2D eigenvalue weighted by molar-refractivity contribution is 5.85. The molecule has 3 atom stereocenters. The third-order valence-corrected chi connectivity index (χ3v) is 3.27. The third-order valence-electron chi connectivity index (χ3n) is 3.27. The first-order valence-electron chi connectivity index (χ1n) is 4.75. The van der Waals surface area contributed by atoms with Crippen LogP contribution in [0, 0.1) is 11.8 Å². The van der Waals surface area contributed by atoms with Gasteiger partial charge in [0, 0.05) is 6.04 Å². The van der Waals surface area contributed by atoms with Crippen molar-refractivity contribution in [3.05, 3.63) is 0 Å². The van der Waals surface area contributed by atoms with Crippen molar-refractivity contribution < 1.29 is 9.90 Å². The van der Waals surface area contributed by atoms with Crippen LogP contribution in [-0.2, 0) is 4.79 Å². The Kier molecular flexibility index (Phi) is 3.56. The van der Waals surface area contributed by atoms with E-state index in [1.165, 1.54) is 6.42 Å². The molecule has 1 saturated carbocycles. The number of carboxylic acids is 1. The molecule has 4 heteroatoms. The van der Waals surface area contributed by atoms with E-state index in [1.807, 2.05) is 0 Å². The van der Waals surface area contributed by atoms with Crippen LogP contribution in [0.15, 0.2) is 0 Å². The molecule has 0 bridgehead atoms. The van der Waals surface area contributed by atoms with Crippen LogP contribution >= 0.6 is 12.4 Å². The predicted octanol–water partition coefficient (Wildman–Crippen LogP) is 1.27. The monoisotopic (exact) mass is 205 g/mol. The fourth-order valence-corrected chi connectivity index (χ4v) is 2.66. The van der Waals surface area contributed by atoms with E-state index in [2.05, 4.69) is 5.32 Å². The number of rotatable bonds is 1. The largest absolute Gasteiger partial charge is 0.481 e. The van der Waals surface area contributed by atoms with Gasteiger partial charge >= 0.3 is 5.97 Å². The number of nitrogens with one attached hydrogen (secondary N) is 1. The fraction of sp³-hybridized carbons (Fsp3) is 0.889. The maximum absolute atomic E-state index is 10.9. The van der Waals surface area contributed by atoms with Crippen molar-refractivity contribution in [3.8, 4) is 0 Å². The standard InChI is InChI=1S/C9H15NO2.ClH/c11-9(12)7-2-1-3-8-6(7)4-5-10-8;/h6-8,10H,1-5H2,(H,11,12);1H/t6-,7+,8+;/m0./s1. The van der Waals surface area contributed by atoms with Crippen molar-refractivity contribution in [2.24, 2.45) is 11.8 Å². The Hall–Kier alpha value is -0.280. The van der Waals surface area contributed by atoms with Crippen LogP contribution in [-0.4, -0.2) is 23.7 Å². The van der Waals surface area contributed by atoms with Gasteiger partial charge in [0.25, 0.3) is 0 Å². The quantitative estimate of drug-likeness (QED) is 0.678. The van der Waals surface area contributed by atoms with Crippen LogP contribution in [0.5, 0.6) is 0 Å². The van der Waals surface area contributed by atoms with Gasteiger partial charge in [-0.2, -0.15) is 0 Å². The molecule has 1 heterocycles. The summed E-state index contributed by atoms with van der Waals surface area (Å²) in [6, 6.07) is 0.500. The second kappa shape index (κ2) is 4.29. The van der Waals surface area contributed by atoms with Gasteiger partial charge in [0.1, 0.15) is 0 Å². The second-order valence-corrected chi connectivity index (χ2v) is 3.89. The summed E-state index contributed by atoms with van der Waals surface area (Å²) < 4.78 is 0. The van der Waals surface area contributed by atoms with Gasteiger partial charge in [0.15, 0.2) is 0 Å². The molecular weight excluding hydrogens is 190 g/mol. The molecule has 76 valence electrons. The van der Waals surface area contributed by atoms with Crippen LogP contribution in [0.2, 0.25) is 0 Å². The maximum atomic E-state index is 10.9. The van der Waals surface area contributed by atoms with Crippen molar-refractivity contribution in [1.82, 2.24) is 5.32 Å². The maximum Gasteiger partial charge on any atom is 0.306 e. The first-order valence-corrected chi connectivity index (χ1v) is 4.75. The van der Waals surface area contributed by atoms with Gasteiger partial charge in [0.2, 0.25) is 0 Å². The molecule has 0 aromatic heterocycles. The fourth-order valence-electron chi connectivity index (χ4n) is 2.66. The Morgan fingerprint density at radius 1 is 1.31 bits per heavy atom. The molecule has 0 radical (unpaired) electrons. The van der Waals surface area contributed by atoms with Crippen LogP contribution < -0.4 is 5.32 Å². The molecule has 0 unspecified atom stereocenters. The summed E-state index contributed by atoms with van der Waals surface area (Å²) >= 11 is 0. The third kappa shape index (κ3) is 1.97. The Morgan fingerprint density at radius 2 is 2.08 bits per heavy atom. The summed E-state index contributed by atoms with van der Waals surface area (Å²) in [5, 5.41) is 12.3. The van der Waals surface area contributed by atoms with Crippen molar-refractivity contribution in [1.29, 1.82) is 0 Å². The van der Waals surface area contributed by atoms with Crippen LogP contribution in [0.1, 0.15) is 25.7 Å². The highest BCUT2D eigenvalue weighted by atomic mass is 35.5. The summed E-state index contributed by atoms with van der Waals surface area (Å²) in [6.07, 6.45) is 4.19. The molecule has 0 amide bonds. The lowest BCUT2D eigenvalue weighted by atomic mass is 9.76. The van der Waals surface area contributed by atoms with E-state index in [9.17, 15) is 4.79 Å². The number of hydrogen-bond acceptors (Lipinski definition) is 2. The predicted molar refractivity (Wildman–Crippen MR) is 52.1 cm³/mol. The molecule has 2 aliphatic rings. The first-order chi connectivity index (χ1) is 5.79. The molecule has 13 heavy (non-hydrogen) atoms. The number of aliphatic carboxylic acids is 1. The topological polar surface area (TPSA) is 49.3 Å². The van der Waals surface area contributed by atoms with Crippen LogP contribution in [0.25, 0.3) is 0 Å². The molecule has 1 saturated heterocycles. The Morgan fingerprint density at radius 3 is 2.77 bits per heavy atom. The number of fused-ring (bicyclic) bond motifs is 1. The summed E-state index contributed by atoms with van der Waals surface area (Å²) in [5.74, 6) is -0.247. The lowest BCUT2D eigenvalue weighted by molar-refractivity contribution is -0.145. The van der Waals surface area contributed by atoms with E-state index in [1.54, 1.807) is 0 Å². The normalized spacial score (nSPS) is 37.7. The molecule has 3 nitrogen and oxygen atoms in total. The minimum atomic E-state index is -0.589. The number of carbonyl (C=O) groups is 1. The summed E-state index contributed by atoms with van der Waals surface area (Å²) in [4.78, 5) is 10.9. The molecule has 1 aliphatic heterocycles. The van der Waals surface area contributed by atoms with Crippen molar-refractivity contribution in [3.63, 3.8) is 0 Å². The summed E-state index contributed by atoms with van der Waals surface area (Å²) in [7, 11) is 0. The molecule has 0 spiro atoms. The highest BCUT2D eigenvalue weighted by Crippen LogP contribution is 2.35. The SMILES string of the molecule is Cl.O=C(O)[C@@H]1CCC[C@H]2NCC[C@H]21. The van der Waals surface area contributed by atoms with E-state index in [-0.39, 0.29) is 18.3 Å². The number of halogens is 1. The summed E-state index contributed by atoms with van der Waals surface area (Å²) in [5.41, 5.74) is 0. The molecule has 2 N–H and O–H groups in total. The minimum Gasteiger partial charge on any atom is -0.481 e. The Bertz CT molecular complexity index is 198. The summed E-state index contributed by atoms with van der Waals surface area (Å²) in [6.45, 7) is 1.01. The molecule has 2 rings (SSSR count). The van der Waals surface area contributed by atoms with Crippen LogP contribution in [0.4, 0.5) is 0 Å². The van der Waals surface area contributed by atoms with Crippen molar-refractivity contribution >= 4 is 18.4 Å². The van der Waals surface area contributed by atoms with Crippen LogP contribution in [0.3, 0.4) is 0 Å². The zero-order valence-corrected chi connectivity index (χ0v) is 8.35. The average molecular weight is 206 g/mol. The van der Waals surface area contributed by atoms with Gasteiger partial charge in [-0.05, 0) is 31.7 Å².